The summed E-state index contributed by atoms with van der Waals surface area (Å²) in [7, 11) is -4.05. The Morgan fingerprint density at radius 2 is 1.73 bits per heavy atom. The van der Waals surface area contributed by atoms with Gasteiger partial charge >= 0.3 is 6.09 Å². The van der Waals surface area contributed by atoms with Gasteiger partial charge in [-0.2, -0.15) is 5.26 Å². The third kappa shape index (κ3) is 7.68. The fourth-order valence-corrected chi connectivity index (χ4v) is 7.77. The van der Waals surface area contributed by atoms with Crippen molar-refractivity contribution in [2.24, 2.45) is 0 Å². The minimum Gasteiger partial charge on any atom is -0.489 e. The fourth-order valence-electron chi connectivity index (χ4n) is 6.44. The zero-order valence-corrected chi connectivity index (χ0v) is 30.8. The third-order valence-electron chi connectivity index (χ3n) is 9.24. The quantitative estimate of drug-likeness (QED) is 0.245. The van der Waals surface area contributed by atoms with Gasteiger partial charge in [-0.25, -0.2) is 22.2 Å². The molecule has 0 aliphatic carbocycles. The summed E-state index contributed by atoms with van der Waals surface area (Å²) >= 11 is 0. The van der Waals surface area contributed by atoms with Crippen LogP contribution >= 0.6 is 0 Å². The van der Waals surface area contributed by atoms with E-state index in [1.54, 1.807) is 64.7 Å². The van der Waals surface area contributed by atoms with Crippen molar-refractivity contribution in [2.75, 3.05) is 26.2 Å². The summed E-state index contributed by atoms with van der Waals surface area (Å²) in [5.41, 5.74) is 3.79. The summed E-state index contributed by atoms with van der Waals surface area (Å²) in [6, 6.07) is 16.0. The van der Waals surface area contributed by atoms with Crippen molar-refractivity contribution >= 4 is 38.6 Å². The summed E-state index contributed by atoms with van der Waals surface area (Å²) in [6.45, 7) is 10.5. The molecular weight excluding hydrogens is 683 g/mol. The molecule has 0 unspecified atom stereocenters. The van der Waals surface area contributed by atoms with Crippen LogP contribution in [-0.2, 0) is 19.6 Å². The Morgan fingerprint density at radius 3 is 2.35 bits per heavy atom. The summed E-state index contributed by atoms with van der Waals surface area (Å²) in [5, 5.41) is 20.4. The Labute approximate surface area is 303 Å². The van der Waals surface area contributed by atoms with Crippen LogP contribution in [0.1, 0.15) is 63.6 Å². The van der Waals surface area contributed by atoms with E-state index in [1.807, 2.05) is 39.8 Å². The Bertz CT molecular complexity index is 2190. The van der Waals surface area contributed by atoms with Crippen LogP contribution in [0.15, 0.2) is 71.9 Å². The topological polar surface area (TPSA) is 155 Å². The van der Waals surface area contributed by atoms with E-state index < -0.39 is 21.7 Å². The lowest BCUT2D eigenvalue weighted by Gasteiger charge is -2.33. The Kier molecular flexibility index (Phi) is 10.2. The van der Waals surface area contributed by atoms with E-state index >= 15 is 0 Å². The van der Waals surface area contributed by atoms with E-state index in [2.05, 4.69) is 11.1 Å². The lowest BCUT2D eigenvalue weighted by Crippen LogP contribution is -2.45. The Hall–Kier alpha value is -5.19. The van der Waals surface area contributed by atoms with Crippen LogP contribution in [0.2, 0.25) is 0 Å². The molecule has 4 aromatic rings. The molecule has 2 aromatic heterocycles. The van der Waals surface area contributed by atoms with E-state index in [0.717, 1.165) is 16.7 Å². The minimum absolute atomic E-state index is 0.118. The molecule has 2 amide bonds. The molecule has 1 atom stereocenters. The van der Waals surface area contributed by atoms with Gasteiger partial charge in [-0.05, 0) is 88.1 Å². The zero-order chi connectivity index (χ0) is 37.4. The van der Waals surface area contributed by atoms with Crippen molar-refractivity contribution in [2.45, 2.75) is 76.6 Å². The average Bonchev–Trinajstić information content (AvgIpc) is 3.51. The van der Waals surface area contributed by atoms with E-state index in [1.165, 1.54) is 10.9 Å². The first-order chi connectivity index (χ1) is 24.6. The predicted octanol–water partition coefficient (Wildman–Crippen LogP) is 5.90. The van der Waals surface area contributed by atoms with Gasteiger partial charge in [0.25, 0.3) is 15.9 Å². The molecule has 6 rings (SSSR count). The molecule has 0 spiro atoms. The summed E-state index contributed by atoms with van der Waals surface area (Å²) in [5.74, 6) is 0.0764. The molecule has 2 aliphatic rings. The molecule has 1 N–H and O–H groups in total. The molecule has 0 radical (unpaired) electrons. The first-order valence-corrected chi connectivity index (χ1v) is 18.8. The standard InChI is InChI=1S/C39H43N5O7S/c1-25-6-9-32(10-7-25)52(48,49)44-24-34(28-8-11-35(29(20-28)22-40)50-31-14-18-42(19-15-31)37(46)26(2)45)33-21-30(23-41-36(33)44)27-12-16-43(17-13-27)38(47)51-39(3,4)5/h6-12,20-21,23-24,26,31,45H,13-19H2,1-5H3/t26-/m0/s1. The number of fused-ring (bicyclic) bond motifs is 1. The lowest BCUT2D eigenvalue weighted by molar-refractivity contribution is -0.141. The minimum atomic E-state index is -4.05. The highest BCUT2D eigenvalue weighted by Crippen LogP contribution is 2.37. The number of piperidine rings is 1. The number of benzene rings is 2. The number of carbonyl (C=O) groups is 2. The first-order valence-electron chi connectivity index (χ1n) is 17.3. The van der Waals surface area contributed by atoms with Gasteiger partial charge in [0.1, 0.15) is 29.6 Å². The highest BCUT2D eigenvalue weighted by molar-refractivity contribution is 7.90. The maximum Gasteiger partial charge on any atom is 0.410 e. The molecule has 12 nitrogen and oxygen atoms in total. The monoisotopic (exact) mass is 725 g/mol. The molecule has 52 heavy (non-hydrogen) atoms. The van der Waals surface area contributed by atoms with Crippen LogP contribution in [-0.4, -0.2) is 88.3 Å². The number of nitriles is 1. The van der Waals surface area contributed by atoms with E-state index in [4.69, 9.17) is 9.47 Å². The van der Waals surface area contributed by atoms with Crippen LogP contribution in [0, 0.1) is 18.3 Å². The van der Waals surface area contributed by atoms with Gasteiger partial charge < -0.3 is 24.4 Å². The van der Waals surface area contributed by atoms with E-state index in [9.17, 15) is 28.4 Å². The number of hydrogen-bond donors (Lipinski definition) is 1. The number of aliphatic hydroxyl groups is 1. The number of aryl methyl sites for hydroxylation is 1. The van der Waals surface area contributed by atoms with Crippen LogP contribution < -0.4 is 4.74 Å². The molecule has 4 heterocycles. The van der Waals surface area contributed by atoms with Crippen molar-refractivity contribution in [3.05, 3.63) is 83.7 Å². The molecule has 1 saturated heterocycles. The molecule has 1 fully saturated rings. The number of aromatic nitrogens is 2. The molecule has 13 heteroatoms. The number of nitrogens with zero attached hydrogens (tertiary/aromatic N) is 5. The van der Waals surface area contributed by atoms with Gasteiger partial charge in [0.15, 0.2) is 5.65 Å². The molecule has 2 aromatic carbocycles. The third-order valence-corrected chi connectivity index (χ3v) is 10.9. The van der Waals surface area contributed by atoms with E-state index in [0.29, 0.717) is 67.7 Å². The number of rotatable bonds is 7. The van der Waals surface area contributed by atoms with E-state index in [-0.39, 0.29) is 34.2 Å². The normalized spacial score (nSPS) is 16.3. The first kappa shape index (κ1) is 36.6. The van der Waals surface area contributed by atoms with Gasteiger partial charge in [-0.3, -0.25) is 4.79 Å². The van der Waals surface area contributed by atoms with Crippen molar-refractivity contribution in [1.82, 2.24) is 18.8 Å². The SMILES string of the molecule is Cc1ccc(S(=O)(=O)n2cc(-c3ccc(OC4CCN(C(=O)[C@H](C)O)CC4)c(C#N)c3)c3cc(C4=CCN(C(=O)OC(C)(C)C)CC4)cnc32)cc1. The summed E-state index contributed by atoms with van der Waals surface area (Å²) < 4.78 is 41.0. The number of carbonyl (C=O) groups excluding carboxylic acids is 2. The van der Waals surface area contributed by atoms with Crippen LogP contribution in [0.3, 0.4) is 0 Å². The van der Waals surface area contributed by atoms with Crippen LogP contribution in [0.25, 0.3) is 27.7 Å². The maximum atomic E-state index is 14.0. The highest BCUT2D eigenvalue weighted by Gasteiger charge is 2.29. The molecule has 2 aliphatic heterocycles. The average molecular weight is 726 g/mol. The van der Waals surface area contributed by atoms with Crippen LogP contribution in [0.4, 0.5) is 4.79 Å². The van der Waals surface area contributed by atoms with Gasteiger partial charge in [-0.1, -0.05) is 29.8 Å². The second kappa shape index (κ2) is 14.4. The highest BCUT2D eigenvalue weighted by atomic mass is 32.2. The molecular formula is C39H43N5O7S. The predicted molar refractivity (Wildman–Crippen MR) is 196 cm³/mol. The smallest absolute Gasteiger partial charge is 0.410 e. The largest absolute Gasteiger partial charge is 0.489 e. The van der Waals surface area contributed by atoms with Gasteiger partial charge in [0, 0.05) is 62.4 Å². The van der Waals surface area contributed by atoms with Crippen molar-refractivity contribution in [3.8, 4) is 22.9 Å². The van der Waals surface area contributed by atoms with Crippen molar-refractivity contribution in [3.63, 3.8) is 0 Å². The molecule has 272 valence electrons. The Morgan fingerprint density at radius 1 is 1.02 bits per heavy atom. The fraction of sp³-hybridized carbons (Fsp3) is 0.385. The van der Waals surface area contributed by atoms with Gasteiger partial charge in [0.2, 0.25) is 0 Å². The van der Waals surface area contributed by atoms with Gasteiger partial charge in [0.05, 0.1) is 10.5 Å². The van der Waals surface area contributed by atoms with Crippen molar-refractivity contribution < 1.29 is 32.6 Å². The second-order valence-corrected chi connectivity index (χ2v) is 16.1. The Balaban J connectivity index is 1.35. The van der Waals surface area contributed by atoms with Gasteiger partial charge in [-0.15, -0.1) is 0 Å². The lowest BCUT2D eigenvalue weighted by atomic mass is 9.98. The number of pyridine rings is 1. The number of aliphatic hydroxyl groups excluding tert-OH is 1. The number of hydrogen-bond acceptors (Lipinski definition) is 9. The number of likely N-dealkylation sites (tertiary alicyclic amines) is 1. The maximum absolute atomic E-state index is 14.0. The molecule has 0 bridgehead atoms. The molecule has 0 saturated carbocycles. The van der Waals surface area contributed by atoms with Crippen LogP contribution in [0.5, 0.6) is 5.75 Å². The van der Waals surface area contributed by atoms with Crippen molar-refractivity contribution in [1.29, 1.82) is 5.26 Å². The zero-order valence-electron chi connectivity index (χ0n) is 30.0. The summed E-state index contributed by atoms with van der Waals surface area (Å²) in [6.07, 6.45) is 5.15. The summed E-state index contributed by atoms with van der Waals surface area (Å²) in [4.78, 5) is 32.9. The second-order valence-electron chi connectivity index (χ2n) is 14.3. The number of ether oxygens (including phenoxy) is 2. The number of amides is 2.